The van der Waals surface area contributed by atoms with Crippen LogP contribution in [0.3, 0.4) is 0 Å². The molecule has 1 N–H and O–H groups in total. The minimum Gasteiger partial charge on any atom is -0.309 e. The van der Waals surface area contributed by atoms with E-state index < -0.39 is 0 Å². The zero-order chi connectivity index (χ0) is 13.1. The van der Waals surface area contributed by atoms with Gasteiger partial charge in [-0.3, -0.25) is 0 Å². The van der Waals surface area contributed by atoms with Gasteiger partial charge in [-0.1, -0.05) is 26.0 Å². The average Bonchev–Trinajstić information content (AvgIpc) is 2.78. The Kier molecular flexibility index (Phi) is 4.09. The summed E-state index contributed by atoms with van der Waals surface area (Å²) in [6, 6.07) is 5.83. The molecule has 0 aliphatic carbocycles. The molecule has 18 heavy (non-hydrogen) atoms. The zero-order valence-corrected chi connectivity index (χ0v) is 11.6. The fraction of sp³-hybridized carbons (Fsp3) is 0.357. The lowest BCUT2D eigenvalue weighted by atomic mass is 10.1. The molecule has 0 bridgehead atoms. The summed E-state index contributed by atoms with van der Waals surface area (Å²) in [4.78, 5) is 4.47. The van der Waals surface area contributed by atoms with E-state index in [1.807, 2.05) is 11.4 Å². The molecule has 0 saturated carbocycles. The molecular weight excluding hydrogens is 247 g/mol. The highest BCUT2D eigenvalue weighted by Crippen LogP contribution is 2.27. The molecule has 0 aliphatic heterocycles. The van der Waals surface area contributed by atoms with Crippen molar-refractivity contribution in [2.24, 2.45) is 0 Å². The number of benzene rings is 1. The molecule has 2 rings (SSSR count). The Balaban J connectivity index is 2.21. The first-order valence-electron chi connectivity index (χ1n) is 6.01. The van der Waals surface area contributed by atoms with Crippen molar-refractivity contribution in [1.29, 1.82) is 0 Å². The number of rotatable bonds is 4. The third kappa shape index (κ3) is 2.94. The molecule has 2 nitrogen and oxygen atoms in total. The van der Waals surface area contributed by atoms with Crippen molar-refractivity contribution in [1.82, 2.24) is 10.3 Å². The van der Waals surface area contributed by atoms with Gasteiger partial charge in [-0.2, -0.15) is 0 Å². The standard InChI is InChI=1S/C14H17FN2S/c1-9(2)16-7-11-8-18-14(17-11)12-6-4-5-10(3)13(12)15/h4-6,8-9,16H,7H2,1-3H3. The quantitative estimate of drug-likeness (QED) is 0.909. The third-order valence-corrected chi connectivity index (χ3v) is 3.59. The number of hydrogen-bond acceptors (Lipinski definition) is 3. The molecule has 0 spiro atoms. The Morgan fingerprint density at radius 2 is 2.17 bits per heavy atom. The molecule has 0 aliphatic rings. The van der Waals surface area contributed by atoms with Crippen LogP contribution in [0, 0.1) is 12.7 Å². The molecule has 0 atom stereocenters. The zero-order valence-electron chi connectivity index (χ0n) is 10.8. The van der Waals surface area contributed by atoms with Gasteiger partial charge in [-0.05, 0) is 18.6 Å². The third-order valence-electron chi connectivity index (χ3n) is 2.67. The highest BCUT2D eigenvalue weighted by atomic mass is 32.1. The summed E-state index contributed by atoms with van der Waals surface area (Å²) in [6.07, 6.45) is 0. The minimum absolute atomic E-state index is 0.171. The van der Waals surface area contributed by atoms with E-state index in [1.54, 1.807) is 19.1 Å². The SMILES string of the molecule is Cc1cccc(-c2nc(CNC(C)C)cs2)c1F. The summed E-state index contributed by atoms with van der Waals surface area (Å²) >= 11 is 1.49. The van der Waals surface area contributed by atoms with Gasteiger partial charge >= 0.3 is 0 Å². The van der Waals surface area contributed by atoms with Crippen LogP contribution in [0.5, 0.6) is 0 Å². The van der Waals surface area contributed by atoms with E-state index in [4.69, 9.17) is 0 Å². The number of halogens is 1. The first kappa shape index (κ1) is 13.2. The lowest BCUT2D eigenvalue weighted by molar-refractivity contribution is 0.583. The maximum Gasteiger partial charge on any atom is 0.136 e. The van der Waals surface area contributed by atoms with Crippen LogP contribution < -0.4 is 5.32 Å². The summed E-state index contributed by atoms with van der Waals surface area (Å²) < 4.78 is 14.0. The topological polar surface area (TPSA) is 24.9 Å². The molecule has 0 amide bonds. The van der Waals surface area contributed by atoms with E-state index in [1.165, 1.54) is 11.3 Å². The fourth-order valence-electron chi connectivity index (χ4n) is 1.63. The van der Waals surface area contributed by atoms with Gasteiger partial charge in [-0.15, -0.1) is 11.3 Å². The molecule has 0 radical (unpaired) electrons. The van der Waals surface area contributed by atoms with Crippen molar-refractivity contribution >= 4 is 11.3 Å². The van der Waals surface area contributed by atoms with Crippen molar-refractivity contribution < 1.29 is 4.39 Å². The van der Waals surface area contributed by atoms with Crippen LogP contribution in [-0.2, 0) is 6.54 Å². The predicted octanol–water partition coefficient (Wildman–Crippen LogP) is 3.76. The van der Waals surface area contributed by atoms with Crippen LogP contribution in [0.2, 0.25) is 0 Å². The maximum atomic E-state index is 14.0. The lowest BCUT2D eigenvalue weighted by Gasteiger charge is -2.05. The maximum absolute atomic E-state index is 14.0. The van der Waals surface area contributed by atoms with Crippen molar-refractivity contribution in [3.63, 3.8) is 0 Å². The van der Waals surface area contributed by atoms with Crippen molar-refractivity contribution in [3.05, 3.63) is 40.7 Å². The number of nitrogens with zero attached hydrogens (tertiary/aromatic N) is 1. The summed E-state index contributed by atoms with van der Waals surface area (Å²) in [5.74, 6) is -0.171. The molecule has 1 heterocycles. The summed E-state index contributed by atoms with van der Waals surface area (Å²) in [5.41, 5.74) is 2.21. The van der Waals surface area contributed by atoms with Gasteiger partial charge in [0.2, 0.25) is 0 Å². The van der Waals surface area contributed by atoms with Crippen molar-refractivity contribution in [2.45, 2.75) is 33.4 Å². The highest BCUT2D eigenvalue weighted by Gasteiger charge is 2.11. The predicted molar refractivity (Wildman–Crippen MR) is 74.2 cm³/mol. The minimum atomic E-state index is -0.171. The second kappa shape index (κ2) is 5.59. The molecule has 0 fully saturated rings. The van der Waals surface area contributed by atoms with Gasteiger partial charge < -0.3 is 5.32 Å². The van der Waals surface area contributed by atoms with Crippen LogP contribution in [0.1, 0.15) is 25.1 Å². The summed E-state index contributed by atoms with van der Waals surface area (Å²) in [6.45, 7) is 6.68. The van der Waals surface area contributed by atoms with Gasteiger partial charge in [0.1, 0.15) is 10.8 Å². The molecule has 96 valence electrons. The highest BCUT2D eigenvalue weighted by molar-refractivity contribution is 7.13. The lowest BCUT2D eigenvalue weighted by Crippen LogP contribution is -2.21. The second-order valence-corrected chi connectivity index (χ2v) is 5.47. The van der Waals surface area contributed by atoms with Gasteiger partial charge in [0, 0.05) is 23.5 Å². The monoisotopic (exact) mass is 264 g/mol. The van der Waals surface area contributed by atoms with Gasteiger partial charge in [-0.25, -0.2) is 9.37 Å². The molecule has 0 saturated heterocycles. The molecule has 1 aromatic carbocycles. The Labute approximate surface area is 111 Å². The number of hydrogen-bond donors (Lipinski definition) is 1. The van der Waals surface area contributed by atoms with Crippen LogP contribution in [0.25, 0.3) is 10.6 Å². The first-order chi connectivity index (χ1) is 8.58. The van der Waals surface area contributed by atoms with Crippen molar-refractivity contribution in [3.8, 4) is 10.6 Å². The molecule has 1 aromatic heterocycles. The Bertz CT molecular complexity index is 534. The Hall–Kier alpha value is -1.26. The molecule has 4 heteroatoms. The normalized spacial score (nSPS) is 11.2. The van der Waals surface area contributed by atoms with E-state index in [2.05, 4.69) is 24.1 Å². The largest absolute Gasteiger partial charge is 0.309 e. The summed E-state index contributed by atoms with van der Waals surface area (Å²) in [7, 11) is 0. The fourth-order valence-corrected chi connectivity index (χ4v) is 2.47. The summed E-state index contributed by atoms with van der Waals surface area (Å²) in [5, 5.41) is 6.03. The van der Waals surface area contributed by atoms with E-state index in [-0.39, 0.29) is 5.82 Å². The second-order valence-electron chi connectivity index (χ2n) is 4.62. The Morgan fingerprint density at radius 3 is 2.89 bits per heavy atom. The van der Waals surface area contributed by atoms with E-state index in [0.717, 1.165) is 17.2 Å². The molecule has 2 aromatic rings. The van der Waals surface area contributed by atoms with Gasteiger partial charge in [0.15, 0.2) is 0 Å². The number of thiazole rings is 1. The van der Waals surface area contributed by atoms with E-state index in [0.29, 0.717) is 17.2 Å². The van der Waals surface area contributed by atoms with Crippen LogP contribution in [-0.4, -0.2) is 11.0 Å². The van der Waals surface area contributed by atoms with Crippen molar-refractivity contribution in [2.75, 3.05) is 0 Å². The first-order valence-corrected chi connectivity index (χ1v) is 6.89. The van der Waals surface area contributed by atoms with Crippen LogP contribution in [0.15, 0.2) is 23.6 Å². The van der Waals surface area contributed by atoms with Gasteiger partial charge in [0.05, 0.1) is 5.69 Å². The number of aryl methyl sites for hydroxylation is 1. The van der Waals surface area contributed by atoms with Crippen LogP contribution >= 0.6 is 11.3 Å². The number of nitrogens with one attached hydrogen (secondary N) is 1. The van der Waals surface area contributed by atoms with E-state index >= 15 is 0 Å². The molecular formula is C14H17FN2S. The average molecular weight is 264 g/mol. The smallest absolute Gasteiger partial charge is 0.136 e. The van der Waals surface area contributed by atoms with Crippen LogP contribution in [0.4, 0.5) is 4.39 Å². The Morgan fingerprint density at radius 1 is 1.39 bits per heavy atom. The number of aromatic nitrogens is 1. The van der Waals surface area contributed by atoms with Gasteiger partial charge in [0.25, 0.3) is 0 Å². The van der Waals surface area contributed by atoms with E-state index in [9.17, 15) is 4.39 Å². The molecule has 0 unspecified atom stereocenters.